The van der Waals surface area contributed by atoms with Gasteiger partial charge in [0.2, 0.25) is 5.91 Å². The normalized spacial score (nSPS) is 18.4. The van der Waals surface area contributed by atoms with Crippen molar-refractivity contribution < 1.29 is 14.4 Å². The summed E-state index contributed by atoms with van der Waals surface area (Å²) in [5, 5.41) is 5.72. The Hall–Kier alpha value is -2.41. The second-order valence-corrected chi connectivity index (χ2v) is 7.97. The summed E-state index contributed by atoms with van der Waals surface area (Å²) in [4.78, 5) is 41.0. The van der Waals surface area contributed by atoms with Gasteiger partial charge >= 0.3 is 6.03 Å². The molecule has 2 fully saturated rings. The third kappa shape index (κ3) is 4.78. The summed E-state index contributed by atoms with van der Waals surface area (Å²) in [7, 11) is 0. The number of imide groups is 1. The van der Waals surface area contributed by atoms with Crippen molar-refractivity contribution in [1.82, 2.24) is 20.4 Å². The molecule has 7 nitrogen and oxygen atoms in total. The Morgan fingerprint density at radius 2 is 1.76 bits per heavy atom. The number of nitrogens with zero attached hydrogens (tertiary/aromatic N) is 2. The second-order valence-electron chi connectivity index (χ2n) is 7.97. The second kappa shape index (κ2) is 9.39. The molecule has 1 aliphatic heterocycles. The number of urea groups is 1. The van der Waals surface area contributed by atoms with E-state index < -0.39 is 11.6 Å². The molecular weight excluding hydrogens is 368 g/mol. The number of hydrogen-bond acceptors (Lipinski definition) is 4. The summed E-state index contributed by atoms with van der Waals surface area (Å²) < 4.78 is 0. The highest BCUT2D eigenvalue weighted by atomic mass is 16.2. The van der Waals surface area contributed by atoms with Gasteiger partial charge in [0, 0.05) is 13.1 Å². The van der Waals surface area contributed by atoms with Crippen LogP contribution in [0.1, 0.15) is 57.1 Å². The van der Waals surface area contributed by atoms with Gasteiger partial charge in [0.1, 0.15) is 12.1 Å². The summed E-state index contributed by atoms with van der Waals surface area (Å²) in [6.45, 7) is 7.16. The Balaban J connectivity index is 1.58. The van der Waals surface area contributed by atoms with Gasteiger partial charge in [-0.25, -0.2) is 4.79 Å². The highest BCUT2D eigenvalue weighted by Gasteiger charge is 2.51. The smallest absolute Gasteiger partial charge is 0.325 e. The van der Waals surface area contributed by atoms with Crippen molar-refractivity contribution in [2.75, 3.05) is 19.6 Å². The first kappa shape index (κ1) is 21.3. The quantitative estimate of drug-likeness (QED) is 0.657. The van der Waals surface area contributed by atoms with Gasteiger partial charge in [0.15, 0.2) is 0 Å². The molecule has 1 aromatic rings. The van der Waals surface area contributed by atoms with E-state index in [0.717, 1.165) is 49.4 Å². The zero-order valence-electron chi connectivity index (χ0n) is 17.5. The molecule has 0 aromatic heterocycles. The topological polar surface area (TPSA) is 81.8 Å². The average molecular weight is 401 g/mol. The monoisotopic (exact) mass is 400 g/mol. The minimum atomic E-state index is -0.786. The Bertz CT molecular complexity index is 754. The summed E-state index contributed by atoms with van der Waals surface area (Å²) in [6, 6.07) is 7.58. The van der Waals surface area contributed by atoms with Crippen molar-refractivity contribution in [1.29, 1.82) is 0 Å². The number of benzene rings is 1. The third-order valence-electron chi connectivity index (χ3n) is 6.14. The fraction of sp³-hybridized carbons (Fsp3) is 0.591. The fourth-order valence-electron chi connectivity index (χ4n) is 4.28. The van der Waals surface area contributed by atoms with Crippen LogP contribution in [0.15, 0.2) is 24.3 Å². The molecule has 1 heterocycles. The minimum Gasteiger partial charge on any atom is -0.350 e. The molecule has 1 aromatic carbocycles. The van der Waals surface area contributed by atoms with Crippen LogP contribution in [0.25, 0.3) is 0 Å². The van der Waals surface area contributed by atoms with Crippen LogP contribution in [-0.4, -0.2) is 52.8 Å². The van der Waals surface area contributed by atoms with Crippen LogP contribution < -0.4 is 10.6 Å². The zero-order chi connectivity index (χ0) is 20.9. The van der Waals surface area contributed by atoms with Gasteiger partial charge in [-0.2, -0.15) is 0 Å². The van der Waals surface area contributed by atoms with E-state index in [2.05, 4.69) is 35.4 Å². The maximum atomic E-state index is 12.8. The molecule has 1 saturated heterocycles. The predicted octanol–water partition coefficient (Wildman–Crippen LogP) is 2.40. The highest BCUT2D eigenvalue weighted by Crippen LogP contribution is 2.33. The molecule has 0 bridgehead atoms. The Kier molecular flexibility index (Phi) is 6.90. The molecule has 1 aliphatic carbocycles. The fourth-order valence-corrected chi connectivity index (χ4v) is 4.28. The summed E-state index contributed by atoms with van der Waals surface area (Å²) in [5.74, 6) is -0.571. The van der Waals surface area contributed by atoms with Gasteiger partial charge in [0.25, 0.3) is 5.91 Å². The molecule has 4 amide bonds. The molecule has 0 radical (unpaired) electrons. The highest BCUT2D eigenvalue weighted by molar-refractivity contribution is 6.09. The molecule has 7 heteroatoms. The van der Waals surface area contributed by atoms with E-state index in [0.29, 0.717) is 19.4 Å². The molecular formula is C22H32N4O3. The van der Waals surface area contributed by atoms with Crippen LogP contribution >= 0.6 is 0 Å². The maximum Gasteiger partial charge on any atom is 0.325 e. The van der Waals surface area contributed by atoms with Crippen LogP contribution in [0, 0.1) is 0 Å². The van der Waals surface area contributed by atoms with Crippen LogP contribution in [0.2, 0.25) is 0 Å². The van der Waals surface area contributed by atoms with E-state index in [1.165, 1.54) is 5.56 Å². The predicted molar refractivity (Wildman–Crippen MR) is 111 cm³/mol. The average Bonchev–Trinajstić information content (AvgIpc) is 2.95. The molecule has 158 valence electrons. The molecule has 0 unspecified atom stereocenters. The van der Waals surface area contributed by atoms with E-state index in [4.69, 9.17) is 0 Å². The van der Waals surface area contributed by atoms with E-state index in [-0.39, 0.29) is 18.4 Å². The van der Waals surface area contributed by atoms with E-state index in [1.807, 2.05) is 18.2 Å². The van der Waals surface area contributed by atoms with Gasteiger partial charge in [-0.3, -0.25) is 19.4 Å². The van der Waals surface area contributed by atoms with Crippen molar-refractivity contribution in [3.8, 4) is 0 Å². The van der Waals surface area contributed by atoms with Gasteiger partial charge in [-0.1, -0.05) is 57.4 Å². The lowest BCUT2D eigenvalue weighted by Gasteiger charge is -2.30. The van der Waals surface area contributed by atoms with Crippen LogP contribution in [0.4, 0.5) is 4.79 Å². The van der Waals surface area contributed by atoms with Crippen molar-refractivity contribution in [2.24, 2.45) is 0 Å². The molecule has 2 N–H and O–H groups in total. The SMILES string of the molecule is CCN(CC)Cc1ccccc1CNC(=O)CN1C(=O)NC2(CCCCC2)C1=O. The van der Waals surface area contributed by atoms with Crippen LogP contribution in [-0.2, 0) is 22.7 Å². The number of carbonyl (C=O) groups is 3. The number of rotatable bonds is 8. The summed E-state index contributed by atoms with van der Waals surface area (Å²) in [6.07, 6.45) is 4.26. The van der Waals surface area contributed by atoms with Gasteiger partial charge in [-0.15, -0.1) is 0 Å². The van der Waals surface area contributed by atoms with Gasteiger partial charge in [-0.05, 0) is 37.1 Å². The van der Waals surface area contributed by atoms with Crippen molar-refractivity contribution in [2.45, 2.75) is 64.6 Å². The van der Waals surface area contributed by atoms with Crippen molar-refractivity contribution in [3.63, 3.8) is 0 Å². The lowest BCUT2D eigenvalue weighted by molar-refractivity contribution is -0.135. The minimum absolute atomic E-state index is 0.232. The number of nitrogens with one attached hydrogen (secondary N) is 2. The number of carbonyl (C=O) groups excluding carboxylic acids is 3. The lowest BCUT2D eigenvalue weighted by Crippen LogP contribution is -2.49. The van der Waals surface area contributed by atoms with E-state index >= 15 is 0 Å². The first-order valence-corrected chi connectivity index (χ1v) is 10.7. The Morgan fingerprint density at radius 1 is 1.10 bits per heavy atom. The molecule has 29 heavy (non-hydrogen) atoms. The molecule has 0 atom stereocenters. The largest absolute Gasteiger partial charge is 0.350 e. The maximum absolute atomic E-state index is 12.8. The number of amides is 4. The molecule has 1 spiro atoms. The van der Waals surface area contributed by atoms with Crippen molar-refractivity contribution in [3.05, 3.63) is 35.4 Å². The Morgan fingerprint density at radius 3 is 2.41 bits per heavy atom. The molecule has 2 aliphatic rings. The molecule has 1 saturated carbocycles. The standard InChI is InChI=1S/C22H32N4O3/c1-3-25(4-2)15-18-11-7-6-10-17(18)14-23-19(27)16-26-20(28)22(24-21(26)29)12-8-5-9-13-22/h6-7,10-11H,3-5,8-9,12-16H2,1-2H3,(H,23,27)(H,24,29). The number of hydrogen-bond donors (Lipinski definition) is 2. The lowest BCUT2D eigenvalue weighted by atomic mass is 9.82. The molecule has 3 rings (SSSR count). The van der Waals surface area contributed by atoms with Gasteiger partial charge < -0.3 is 10.6 Å². The first-order chi connectivity index (χ1) is 14.0. The third-order valence-corrected chi connectivity index (χ3v) is 6.14. The van der Waals surface area contributed by atoms with Crippen LogP contribution in [0.3, 0.4) is 0 Å². The Labute approximate surface area is 172 Å². The zero-order valence-corrected chi connectivity index (χ0v) is 17.5. The summed E-state index contributed by atoms with van der Waals surface area (Å²) >= 11 is 0. The van der Waals surface area contributed by atoms with E-state index in [1.54, 1.807) is 0 Å². The van der Waals surface area contributed by atoms with Crippen molar-refractivity contribution >= 4 is 17.8 Å². The van der Waals surface area contributed by atoms with Crippen LogP contribution in [0.5, 0.6) is 0 Å². The van der Waals surface area contributed by atoms with Gasteiger partial charge in [0.05, 0.1) is 0 Å². The van der Waals surface area contributed by atoms with E-state index in [9.17, 15) is 14.4 Å². The first-order valence-electron chi connectivity index (χ1n) is 10.7. The summed E-state index contributed by atoms with van der Waals surface area (Å²) in [5.41, 5.74) is 1.44.